The van der Waals surface area contributed by atoms with Crippen LogP contribution in [0.2, 0.25) is 0 Å². The van der Waals surface area contributed by atoms with Gasteiger partial charge in [0.25, 0.3) is 0 Å². The molecule has 0 aliphatic heterocycles. The molecule has 0 aliphatic rings. The lowest BCUT2D eigenvalue weighted by Gasteiger charge is -2.11. The van der Waals surface area contributed by atoms with Crippen LogP contribution in [0.1, 0.15) is 12.0 Å². The molecule has 1 heterocycles. The summed E-state index contributed by atoms with van der Waals surface area (Å²) in [6, 6.07) is 15.5. The molecule has 0 fully saturated rings. The molecule has 0 saturated heterocycles. The number of amides is 3. The van der Waals surface area contributed by atoms with E-state index in [1.54, 1.807) is 0 Å². The number of nitrogens with zero attached hydrogens (tertiary/aromatic N) is 1. The van der Waals surface area contributed by atoms with Gasteiger partial charge in [-0.15, -0.1) is 0 Å². The van der Waals surface area contributed by atoms with Crippen molar-refractivity contribution in [2.45, 2.75) is 19.9 Å². The van der Waals surface area contributed by atoms with Crippen molar-refractivity contribution < 1.29 is 9.59 Å². The maximum absolute atomic E-state index is 12.0. The Morgan fingerprint density at radius 2 is 1.89 bits per heavy atom. The maximum Gasteiger partial charge on any atom is 0.315 e. The van der Waals surface area contributed by atoms with Gasteiger partial charge in [-0.05, 0) is 54.6 Å². The van der Waals surface area contributed by atoms with Crippen molar-refractivity contribution in [2.24, 2.45) is 0 Å². The van der Waals surface area contributed by atoms with Crippen LogP contribution in [0, 0.1) is 6.92 Å². The molecular formula is C21H23BrN4O2. The quantitative estimate of drug-likeness (QED) is 0.483. The third-order valence-electron chi connectivity index (χ3n) is 4.41. The fraction of sp³-hybridized carbons (Fsp3) is 0.238. The molecule has 0 bridgehead atoms. The summed E-state index contributed by atoms with van der Waals surface area (Å²) in [4.78, 5) is 23.9. The molecule has 3 aromatic rings. The van der Waals surface area contributed by atoms with Crippen LogP contribution in [-0.4, -0.2) is 29.6 Å². The van der Waals surface area contributed by atoms with Gasteiger partial charge >= 0.3 is 6.03 Å². The average Bonchev–Trinajstić information content (AvgIpc) is 3.09. The largest absolute Gasteiger partial charge is 0.347 e. The van der Waals surface area contributed by atoms with E-state index in [1.165, 1.54) is 10.9 Å². The summed E-state index contributed by atoms with van der Waals surface area (Å²) in [5, 5.41) is 9.36. The predicted molar refractivity (Wildman–Crippen MR) is 115 cm³/mol. The number of aryl methyl sites for hydroxylation is 2. The number of para-hydroxylation sites is 1. The van der Waals surface area contributed by atoms with Crippen LogP contribution in [0.3, 0.4) is 0 Å². The normalized spacial score (nSPS) is 10.6. The zero-order chi connectivity index (χ0) is 19.9. The molecule has 0 saturated carbocycles. The summed E-state index contributed by atoms with van der Waals surface area (Å²) >= 11 is 3.39. The molecule has 0 spiro atoms. The van der Waals surface area contributed by atoms with Crippen molar-refractivity contribution >= 4 is 44.5 Å². The van der Waals surface area contributed by atoms with Gasteiger partial charge in [0.1, 0.15) is 0 Å². The highest BCUT2D eigenvalue weighted by molar-refractivity contribution is 9.10. The third kappa shape index (κ3) is 5.36. The van der Waals surface area contributed by atoms with Crippen LogP contribution in [-0.2, 0) is 11.3 Å². The molecule has 0 atom stereocenters. The minimum absolute atomic E-state index is 0.0798. The number of urea groups is 1. The van der Waals surface area contributed by atoms with E-state index in [4.69, 9.17) is 0 Å². The topological polar surface area (TPSA) is 75.2 Å². The Bertz CT molecular complexity index is 983. The van der Waals surface area contributed by atoms with Crippen molar-refractivity contribution in [1.29, 1.82) is 0 Å². The predicted octanol–water partition coefficient (Wildman–Crippen LogP) is 4.04. The molecule has 0 radical (unpaired) electrons. The molecule has 0 unspecified atom stereocenters. The zero-order valence-electron chi connectivity index (χ0n) is 15.7. The second-order valence-electron chi connectivity index (χ2n) is 6.54. The SMILES string of the molecule is Cc1cc(Br)ccc1NC(=O)CNC(=O)NCCCn1ccc2ccccc21. The second kappa shape index (κ2) is 9.41. The van der Waals surface area contributed by atoms with E-state index in [1.807, 2.05) is 37.3 Å². The molecule has 6 nitrogen and oxygen atoms in total. The monoisotopic (exact) mass is 442 g/mol. The van der Waals surface area contributed by atoms with Gasteiger partial charge in [-0.3, -0.25) is 4.79 Å². The van der Waals surface area contributed by atoms with E-state index in [-0.39, 0.29) is 18.5 Å². The number of rotatable bonds is 7. The summed E-state index contributed by atoms with van der Waals surface area (Å²) in [5.74, 6) is -0.264. The lowest BCUT2D eigenvalue weighted by Crippen LogP contribution is -2.40. The number of hydrogen-bond acceptors (Lipinski definition) is 2. The van der Waals surface area contributed by atoms with E-state index in [0.717, 1.165) is 28.7 Å². The first kappa shape index (κ1) is 19.9. The van der Waals surface area contributed by atoms with Gasteiger partial charge in [0, 0.05) is 35.0 Å². The molecule has 3 N–H and O–H groups in total. The van der Waals surface area contributed by atoms with Gasteiger partial charge in [0.2, 0.25) is 5.91 Å². The van der Waals surface area contributed by atoms with Gasteiger partial charge in [0.05, 0.1) is 6.54 Å². The molecule has 3 amide bonds. The zero-order valence-corrected chi connectivity index (χ0v) is 17.3. The number of carbonyl (C=O) groups excluding carboxylic acids is 2. The summed E-state index contributed by atoms with van der Waals surface area (Å²) in [6.07, 6.45) is 2.86. The maximum atomic E-state index is 12.0. The first-order valence-corrected chi connectivity index (χ1v) is 9.94. The van der Waals surface area contributed by atoms with E-state index in [9.17, 15) is 9.59 Å². The van der Waals surface area contributed by atoms with Crippen LogP contribution in [0.4, 0.5) is 10.5 Å². The number of anilines is 1. The van der Waals surface area contributed by atoms with Gasteiger partial charge < -0.3 is 20.5 Å². The summed E-state index contributed by atoms with van der Waals surface area (Å²) in [6.45, 7) is 3.18. The fourth-order valence-electron chi connectivity index (χ4n) is 2.97. The highest BCUT2D eigenvalue weighted by atomic mass is 79.9. The molecule has 3 rings (SSSR count). The van der Waals surface area contributed by atoms with Gasteiger partial charge in [-0.1, -0.05) is 34.1 Å². The first-order chi connectivity index (χ1) is 13.5. The molecule has 7 heteroatoms. The first-order valence-electron chi connectivity index (χ1n) is 9.14. The number of aromatic nitrogens is 1. The molecular weight excluding hydrogens is 420 g/mol. The highest BCUT2D eigenvalue weighted by Crippen LogP contribution is 2.19. The lowest BCUT2D eigenvalue weighted by molar-refractivity contribution is -0.115. The van der Waals surface area contributed by atoms with Crippen LogP contribution in [0.15, 0.2) is 59.2 Å². The van der Waals surface area contributed by atoms with Gasteiger partial charge in [-0.25, -0.2) is 4.79 Å². The number of hydrogen-bond donors (Lipinski definition) is 3. The summed E-state index contributed by atoms with van der Waals surface area (Å²) in [5.41, 5.74) is 2.87. The van der Waals surface area contributed by atoms with E-state index in [2.05, 4.69) is 60.8 Å². The van der Waals surface area contributed by atoms with Crippen molar-refractivity contribution in [3.8, 4) is 0 Å². The molecule has 28 heavy (non-hydrogen) atoms. The smallest absolute Gasteiger partial charge is 0.315 e. The van der Waals surface area contributed by atoms with Crippen LogP contribution >= 0.6 is 15.9 Å². The Balaban J connectivity index is 1.35. The molecule has 1 aromatic heterocycles. The average molecular weight is 443 g/mol. The number of fused-ring (bicyclic) bond motifs is 1. The Hall–Kier alpha value is -2.80. The Morgan fingerprint density at radius 3 is 2.71 bits per heavy atom. The van der Waals surface area contributed by atoms with Crippen molar-refractivity contribution in [3.63, 3.8) is 0 Å². The minimum Gasteiger partial charge on any atom is -0.347 e. The number of nitrogens with one attached hydrogen (secondary N) is 3. The lowest BCUT2D eigenvalue weighted by atomic mass is 10.2. The highest BCUT2D eigenvalue weighted by Gasteiger charge is 2.07. The number of benzene rings is 2. The molecule has 0 aliphatic carbocycles. The van der Waals surface area contributed by atoms with E-state index < -0.39 is 0 Å². The minimum atomic E-state index is -0.347. The fourth-order valence-corrected chi connectivity index (χ4v) is 3.45. The molecule has 2 aromatic carbocycles. The number of carbonyl (C=O) groups is 2. The second-order valence-corrected chi connectivity index (χ2v) is 7.45. The van der Waals surface area contributed by atoms with Gasteiger partial charge in [0.15, 0.2) is 0 Å². The number of halogens is 1. The Kier molecular flexibility index (Phi) is 6.71. The van der Waals surface area contributed by atoms with Crippen LogP contribution < -0.4 is 16.0 Å². The van der Waals surface area contributed by atoms with Crippen molar-refractivity contribution in [2.75, 3.05) is 18.4 Å². The van der Waals surface area contributed by atoms with Crippen LogP contribution in [0.25, 0.3) is 10.9 Å². The van der Waals surface area contributed by atoms with E-state index >= 15 is 0 Å². The summed E-state index contributed by atoms with van der Waals surface area (Å²) < 4.78 is 3.12. The third-order valence-corrected chi connectivity index (χ3v) is 4.91. The standard InChI is InChI=1S/C21H23BrN4O2/c1-15-13-17(22)7-8-18(15)25-20(27)14-24-21(28)23-10-4-11-26-12-9-16-5-2-3-6-19(16)26/h2-3,5-9,12-13H,4,10-11,14H2,1H3,(H,25,27)(H2,23,24,28). The molecule has 146 valence electrons. The van der Waals surface area contributed by atoms with Crippen LogP contribution in [0.5, 0.6) is 0 Å². The van der Waals surface area contributed by atoms with Crippen molar-refractivity contribution in [1.82, 2.24) is 15.2 Å². The Labute approximate surface area is 172 Å². The van der Waals surface area contributed by atoms with Gasteiger partial charge in [-0.2, -0.15) is 0 Å². The van der Waals surface area contributed by atoms with Crippen molar-refractivity contribution in [3.05, 3.63) is 64.8 Å². The Morgan fingerprint density at radius 1 is 1.07 bits per heavy atom. The summed E-state index contributed by atoms with van der Waals surface area (Å²) in [7, 11) is 0. The van der Waals surface area contributed by atoms with E-state index in [0.29, 0.717) is 6.54 Å².